The highest BCUT2D eigenvalue weighted by atomic mass is 19.1. The number of benzene rings is 2. The van der Waals surface area contributed by atoms with Crippen molar-refractivity contribution in [2.45, 2.75) is 19.3 Å². The molecule has 0 aliphatic heterocycles. The van der Waals surface area contributed by atoms with Gasteiger partial charge in [0, 0.05) is 5.92 Å². The first kappa shape index (κ1) is 15.3. The number of nitrogens with two attached hydrogens (primary N) is 1. The number of phenols is 1. The van der Waals surface area contributed by atoms with Gasteiger partial charge in [-0.05, 0) is 49.2 Å². The minimum absolute atomic E-state index is 0.106. The minimum Gasteiger partial charge on any atom is -0.504 e. The highest BCUT2D eigenvalue weighted by Crippen LogP contribution is 2.30. The van der Waals surface area contributed by atoms with Gasteiger partial charge in [-0.3, -0.25) is 0 Å². The van der Waals surface area contributed by atoms with E-state index in [-0.39, 0.29) is 17.5 Å². The van der Waals surface area contributed by atoms with Crippen LogP contribution in [0.1, 0.15) is 24.0 Å². The van der Waals surface area contributed by atoms with Crippen LogP contribution in [0.2, 0.25) is 0 Å². The summed E-state index contributed by atoms with van der Waals surface area (Å²) in [5.74, 6) is 0.206. The summed E-state index contributed by atoms with van der Waals surface area (Å²) in [6.45, 7) is 2.69. The van der Waals surface area contributed by atoms with E-state index in [0.29, 0.717) is 30.9 Å². The van der Waals surface area contributed by atoms with Crippen molar-refractivity contribution in [1.29, 1.82) is 0 Å². The Labute approximate surface area is 124 Å². The van der Waals surface area contributed by atoms with Crippen molar-refractivity contribution >= 4 is 0 Å². The van der Waals surface area contributed by atoms with E-state index in [9.17, 15) is 9.50 Å². The van der Waals surface area contributed by atoms with E-state index in [4.69, 9.17) is 10.5 Å². The number of ether oxygens (including phenoxy) is 1. The van der Waals surface area contributed by atoms with Gasteiger partial charge in [-0.1, -0.05) is 24.3 Å². The second kappa shape index (κ2) is 7.09. The maximum absolute atomic E-state index is 13.9. The van der Waals surface area contributed by atoms with E-state index in [1.165, 1.54) is 6.07 Å². The fraction of sp³-hybridized carbons (Fsp3) is 0.294. The second-order valence-corrected chi connectivity index (χ2v) is 4.89. The van der Waals surface area contributed by atoms with Gasteiger partial charge in [0.25, 0.3) is 0 Å². The van der Waals surface area contributed by atoms with Crippen LogP contribution >= 0.6 is 0 Å². The molecular weight excluding hydrogens is 269 g/mol. The lowest BCUT2D eigenvalue weighted by atomic mass is 9.91. The molecule has 0 fully saturated rings. The fourth-order valence-electron chi connectivity index (χ4n) is 2.37. The predicted octanol–water partition coefficient (Wildman–Crippen LogP) is 3.22. The maximum Gasteiger partial charge on any atom is 0.161 e. The molecule has 21 heavy (non-hydrogen) atoms. The summed E-state index contributed by atoms with van der Waals surface area (Å²) in [5, 5.41) is 9.71. The molecule has 2 rings (SSSR count). The van der Waals surface area contributed by atoms with Crippen LogP contribution in [-0.4, -0.2) is 18.3 Å². The molecule has 0 saturated heterocycles. The van der Waals surface area contributed by atoms with Crippen LogP contribution in [0.3, 0.4) is 0 Å². The average Bonchev–Trinajstić information content (AvgIpc) is 2.49. The Morgan fingerprint density at radius 3 is 2.67 bits per heavy atom. The van der Waals surface area contributed by atoms with Crippen LogP contribution in [0.25, 0.3) is 0 Å². The minimum atomic E-state index is -0.239. The van der Waals surface area contributed by atoms with E-state index < -0.39 is 0 Å². The molecule has 0 heterocycles. The van der Waals surface area contributed by atoms with Gasteiger partial charge in [0.05, 0.1) is 6.61 Å². The quantitative estimate of drug-likeness (QED) is 0.858. The lowest BCUT2D eigenvalue weighted by Gasteiger charge is -2.17. The lowest BCUT2D eigenvalue weighted by Crippen LogP contribution is -2.16. The van der Waals surface area contributed by atoms with Gasteiger partial charge in [-0.15, -0.1) is 0 Å². The molecule has 0 aliphatic carbocycles. The molecular formula is C17H20FNO2. The molecule has 0 saturated carbocycles. The van der Waals surface area contributed by atoms with Gasteiger partial charge in [-0.25, -0.2) is 4.39 Å². The number of hydrogen-bond acceptors (Lipinski definition) is 3. The summed E-state index contributed by atoms with van der Waals surface area (Å²) < 4.78 is 19.2. The van der Waals surface area contributed by atoms with Crippen molar-refractivity contribution in [2.75, 3.05) is 13.2 Å². The Kier molecular flexibility index (Phi) is 5.17. The van der Waals surface area contributed by atoms with Crippen molar-refractivity contribution in [2.24, 2.45) is 5.73 Å². The topological polar surface area (TPSA) is 55.5 Å². The number of rotatable bonds is 6. The van der Waals surface area contributed by atoms with Crippen molar-refractivity contribution in [3.05, 3.63) is 59.4 Å². The van der Waals surface area contributed by atoms with Crippen molar-refractivity contribution in [1.82, 2.24) is 0 Å². The van der Waals surface area contributed by atoms with E-state index in [1.807, 2.05) is 13.0 Å². The highest BCUT2D eigenvalue weighted by molar-refractivity contribution is 5.42. The molecule has 0 radical (unpaired) electrons. The van der Waals surface area contributed by atoms with E-state index >= 15 is 0 Å². The maximum atomic E-state index is 13.9. The number of aromatic hydroxyl groups is 1. The molecule has 1 atom stereocenters. The van der Waals surface area contributed by atoms with Crippen LogP contribution in [0, 0.1) is 5.82 Å². The first-order chi connectivity index (χ1) is 10.2. The highest BCUT2D eigenvalue weighted by Gasteiger charge is 2.15. The zero-order valence-corrected chi connectivity index (χ0v) is 12.1. The van der Waals surface area contributed by atoms with Gasteiger partial charge >= 0.3 is 0 Å². The van der Waals surface area contributed by atoms with Crippen LogP contribution in [-0.2, 0) is 6.42 Å². The van der Waals surface area contributed by atoms with Crippen molar-refractivity contribution in [3.63, 3.8) is 0 Å². The summed E-state index contributed by atoms with van der Waals surface area (Å²) in [6.07, 6.45) is 0.595. The molecule has 1 unspecified atom stereocenters. The van der Waals surface area contributed by atoms with Gasteiger partial charge < -0.3 is 15.6 Å². The molecule has 3 nitrogen and oxygen atoms in total. The third kappa shape index (κ3) is 3.73. The Hall–Kier alpha value is -2.07. The van der Waals surface area contributed by atoms with Crippen LogP contribution < -0.4 is 10.5 Å². The third-order valence-corrected chi connectivity index (χ3v) is 3.44. The Bertz CT molecular complexity index is 601. The van der Waals surface area contributed by atoms with Gasteiger partial charge in [0.2, 0.25) is 0 Å². The molecule has 3 N–H and O–H groups in total. The molecule has 0 spiro atoms. The predicted molar refractivity (Wildman–Crippen MR) is 81.2 cm³/mol. The largest absolute Gasteiger partial charge is 0.504 e. The van der Waals surface area contributed by atoms with E-state index in [2.05, 4.69) is 0 Å². The molecule has 112 valence electrons. The molecule has 0 bridgehead atoms. The number of hydrogen-bond donors (Lipinski definition) is 2. The normalized spacial score (nSPS) is 12.1. The molecule has 4 heteroatoms. The zero-order chi connectivity index (χ0) is 15.2. The Morgan fingerprint density at radius 2 is 2.00 bits per heavy atom. The van der Waals surface area contributed by atoms with Crippen LogP contribution in [0.5, 0.6) is 11.5 Å². The molecule has 2 aromatic rings. The number of phenolic OH excluding ortho intramolecular Hbond substituents is 1. The van der Waals surface area contributed by atoms with Crippen LogP contribution in [0.4, 0.5) is 4.39 Å². The lowest BCUT2D eigenvalue weighted by molar-refractivity contribution is 0.317. The van der Waals surface area contributed by atoms with Crippen molar-refractivity contribution < 1.29 is 14.2 Å². The molecule has 0 amide bonds. The first-order valence-corrected chi connectivity index (χ1v) is 7.04. The Balaban J connectivity index is 2.23. The van der Waals surface area contributed by atoms with Gasteiger partial charge in [-0.2, -0.15) is 0 Å². The standard InChI is InChI=1S/C17H20FNO2/c1-2-21-17-10-12(7-8-16(17)20)9-13(11-19)14-5-3-4-6-15(14)18/h3-8,10,13,20H,2,9,11,19H2,1H3. The zero-order valence-electron chi connectivity index (χ0n) is 12.1. The third-order valence-electron chi connectivity index (χ3n) is 3.44. The van der Waals surface area contributed by atoms with E-state index in [0.717, 1.165) is 5.56 Å². The smallest absolute Gasteiger partial charge is 0.161 e. The van der Waals surface area contributed by atoms with Crippen LogP contribution in [0.15, 0.2) is 42.5 Å². The summed E-state index contributed by atoms with van der Waals surface area (Å²) >= 11 is 0. The Morgan fingerprint density at radius 1 is 1.24 bits per heavy atom. The number of halogens is 1. The summed E-state index contributed by atoms with van der Waals surface area (Å²) in [7, 11) is 0. The molecule has 0 aromatic heterocycles. The second-order valence-electron chi connectivity index (χ2n) is 4.89. The van der Waals surface area contributed by atoms with E-state index in [1.54, 1.807) is 30.3 Å². The molecule has 0 aliphatic rings. The van der Waals surface area contributed by atoms with Gasteiger partial charge in [0.15, 0.2) is 11.5 Å². The summed E-state index contributed by atoms with van der Waals surface area (Å²) in [5.41, 5.74) is 7.37. The average molecular weight is 289 g/mol. The first-order valence-electron chi connectivity index (χ1n) is 7.04. The summed E-state index contributed by atoms with van der Waals surface area (Å²) in [6, 6.07) is 11.9. The van der Waals surface area contributed by atoms with Crippen molar-refractivity contribution in [3.8, 4) is 11.5 Å². The summed E-state index contributed by atoms with van der Waals surface area (Å²) in [4.78, 5) is 0. The fourth-order valence-corrected chi connectivity index (χ4v) is 2.37. The molecule has 2 aromatic carbocycles. The SMILES string of the molecule is CCOc1cc(CC(CN)c2ccccc2F)ccc1O. The monoisotopic (exact) mass is 289 g/mol. The van der Waals surface area contributed by atoms with Gasteiger partial charge in [0.1, 0.15) is 5.82 Å².